The Bertz CT molecular complexity index is 981. The quantitative estimate of drug-likeness (QED) is 0.754. The monoisotopic (exact) mass is 363 g/mol. The maximum Gasteiger partial charge on any atom is 0.416 e. The molecule has 1 saturated heterocycles. The molecular weight excluding hydrogens is 342 g/mol. The summed E-state index contributed by atoms with van der Waals surface area (Å²) in [4.78, 5) is 33.6. The van der Waals surface area contributed by atoms with Gasteiger partial charge < -0.3 is 9.72 Å². The van der Waals surface area contributed by atoms with Gasteiger partial charge in [0, 0.05) is 6.42 Å². The number of aromatic amines is 1. The molecule has 0 unspecified atom stereocenters. The van der Waals surface area contributed by atoms with Crippen LogP contribution in [0.3, 0.4) is 0 Å². The number of carbonyl (C=O) groups is 2. The predicted octanol–water partition coefficient (Wildman–Crippen LogP) is 3.39. The molecule has 0 radical (unpaired) electrons. The highest BCUT2D eigenvalue weighted by Gasteiger charge is 2.37. The van der Waals surface area contributed by atoms with Crippen LogP contribution in [0.15, 0.2) is 48.5 Å². The minimum Gasteiger partial charge on any atom is -0.447 e. The maximum atomic E-state index is 12.7. The van der Waals surface area contributed by atoms with Crippen LogP contribution in [-0.2, 0) is 22.4 Å². The fourth-order valence-electron chi connectivity index (χ4n) is 3.51. The molecule has 6 heteroatoms. The zero-order valence-electron chi connectivity index (χ0n) is 15.1. The first-order valence-electron chi connectivity index (χ1n) is 9.08. The van der Waals surface area contributed by atoms with E-state index in [0.717, 1.165) is 28.0 Å². The van der Waals surface area contributed by atoms with Gasteiger partial charge in [0.1, 0.15) is 12.4 Å². The molecule has 3 aromatic rings. The van der Waals surface area contributed by atoms with Crippen LogP contribution >= 0.6 is 0 Å². The van der Waals surface area contributed by atoms with Crippen molar-refractivity contribution in [3.8, 4) is 0 Å². The van der Waals surface area contributed by atoms with Crippen molar-refractivity contribution in [1.82, 2.24) is 14.9 Å². The largest absolute Gasteiger partial charge is 0.447 e. The van der Waals surface area contributed by atoms with E-state index in [2.05, 4.69) is 9.97 Å². The number of nitrogens with one attached hydrogen (secondary N) is 1. The van der Waals surface area contributed by atoms with E-state index in [-0.39, 0.29) is 25.0 Å². The van der Waals surface area contributed by atoms with E-state index in [1.807, 2.05) is 55.5 Å². The Labute approximate surface area is 157 Å². The standard InChI is InChI=1S/C21H21N3O3/c1-14-22-18-9-7-16(12-19(18)23-14)8-10-20(25)24-17(13-27-21(24)26)11-15-5-3-2-4-6-15/h2-7,9,12,17H,8,10-11,13H2,1H3,(H,22,23)/t17-/m1/s1. The smallest absolute Gasteiger partial charge is 0.416 e. The Morgan fingerprint density at radius 3 is 2.85 bits per heavy atom. The highest BCUT2D eigenvalue weighted by molar-refractivity contribution is 5.93. The fraction of sp³-hybridized carbons (Fsp3) is 0.286. The number of hydrogen-bond donors (Lipinski definition) is 1. The number of aryl methyl sites for hydroxylation is 2. The van der Waals surface area contributed by atoms with Gasteiger partial charge >= 0.3 is 6.09 Å². The van der Waals surface area contributed by atoms with Crippen molar-refractivity contribution in [1.29, 1.82) is 0 Å². The molecule has 1 aliphatic rings. The van der Waals surface area contributed by atoms with Crippen molar-refractivity contribution < 1.29 is 14.3 Å². The number of hydrogen-bond acceptors (Lipinski definition) is 4. The zero-order chi connectivity index (χ0) is 18.8. The molecule has 1 aromatic heterocycles. The number of amides is 2. The van der Waals surface area contributed by atoms with Gasteiger partial charge in [-0.15, -0.1) is 0 Å². The summed E-state index contributed by atoms with van der Waals surface area (Å²) in [5, 5.41) is 0. The third-order valence-electron chi connectivity index (χ3n) is 4.84. The molecule has 0 saturated carbocycles. The Morgan fingerprint density at radius 2 is 2.04 bits per heavy atom. The number of H-pyrrole nitrogens is 1. The molecule has 1 fully saturated rings. The second kappa shape index (κ2) is 7.23. The normalized spacial score (nSPS) is 16.7. The summed E-state index contributed by atoms with van der Waals surface area (Å²) in [6.45, 7) is 2.16. The summed E-state index contributed by atoms with van der Waals surface area (Å²) in [5.74, 6) is 0.668. The number of fused-ring (bicyclic) bond motifs is 1. The molecule has 0 bridgehead atoms. The Balaban J connectivity index is 1.42. The van der Waals surface area contributed by atoms with Gasteiger partial charge in [-0.05, 0) is 43.0 Å². The van der Waals surface area contributed by atoms with Crippen LogP contribution in [0.1, 0.15) is 23.4 Å². The molecule has 1 atom stereocenters. The summed E-state index contributed by atoms with van der Waals surface area (Å²) >= 11 is 0. The first kappa shape index (κ1) is 17.3. The fourth-order valence-corrected chi connectivity index (χ4v) is 3.51. The number of cyclic esters (lactones) is 1. The second-order valence-electron chi connectivity index (χ2n) is 6.86. The van der Waals surface area contributed by atoms with Gasteiger partial charge in [-0.1, -0.05) is 36.4 Å². The number of benzene rings is 2. The highest BCUT2D eigenvalue weighted by Crippen LogP contribution is 2.20. The average Bonchev–Trinajstić information content (AvgIpc) is 3.21. The molecule has 0 aliphatic carbocycles. The molecule has 6 nitrogen and oxygen atoms in total. The zero-order valence-corrected chi connectivity index (χ0v) is 15.1. The minimum atomic E-state index is -0.541. The third-order valence-corrected chi connectivity index (χ3v) is 4.84. The second-order valence-corrected chi connectivity index (χ2v) is 6.86. The van der Waals surface area contributed by atoms with Gasteiger partial charge in [0.15, 0.2) is 0 Å². The van der Waals surface area contributed by atoms with Gasteiger partial charge in [0.05, 0.1) is 17.1 Å². The molecule has 2 amide bonds. The molecule has 1 aliphatic heterocycles. The van der Waals surface area contributed by atoms with E-state index < -0.39 is 6.09 Å². The van der Waals surface area contributed by atoms with E-state index >= 15 is 0 Å². The number of nitrogens with zero attached hydrogens (tertiary/aromatic N) is 2. The lowest BCUT2D eigenvalue weighted by Gasteiger charge is -2.19. The summed E-state index contributed by atoms with van der Waals surface area (Å²) in [7, 11) is 0. The number of aromatic nitrogens is 2. The van der Waals surface area contributed by atoms with E-state index in [4.69, 9.17) is 4.74 Å². The SMILES string of the molecule is Cc1nc2ccc(CCC(=O)N3C(=O)OC[C@H]3Cc3ccccc3)cc2[nH]1. The predicted molar refractivity (Wildman–Crippen MR) is 101 cm³/mol. The first-order valence-corrected chi connectivity index (χ1v) is 9.08. The summed E-state index contributed by atoms with van der Waals surface area (Å²) < 4.78 is 5.14. The number of ether oxygens (including phenoxy) is 1. The number of rotatable bonds is 5. The van der Waals surface area contributed by atoms with Crippen LogP contribution in [0.5, 0.6) is 0 Å². The lowest BCUT2D eigenvalue weighted by Crippen LogP contribution is -2.40. The van der Waals surface area contributed by atoms with E-state index in [0.29, 0.717) is 12.8 Å². The maximum absolute atomic E-state index is 12.7. The molecule has 138 valence electrons. The Kier molecular flexibility index (Phi) is 4.62. The van der Waals surface area contributed by atoms with Gasteiger partial charge in [-0.25, -0.2) is 14.7 Å². The molecule has 2 aromatic carbocycles. The molecular formula is C21H21N3O3. The molecule has 0 spiro atoms. The highest BCUT2D eigenvalue weighted by atomic mass is 16.6. The Morgan fingerprint density at radius 1 is 1.22 bits per heavy atom. The van der Waals surface area contributed by atoms with Crippen molar-refractivity contribution in [3.05, 3.63) is 65.5 Å². The van der Waals surface area contributed by atoms with Crippen molar-refractivity contribution in [2.75, 3.05) is 6.61 Å². The minimum absolute atomic E-state index is 0.195. The van der Waals surface area contributed by atoms with Crippen LogP contribution in [0.2, 0.25) is 0 Å². The lowest BCUT2D eigenvalue weighted by atomic mass is 10.0. The lowest BCUT2D eigenvalue weighted by molar-refractivity contribution is -0.129. The van der Waals surface area contributed by atoms with Crippen molar-refractivity contribution in [2.24, 2.45) is 0 Å². The molecule has 1 N–H and O–H groups in total. The van der Waals surface area contributed by atoms with Crippen molar-refractivity contribution >= 4 is 23.0 Å². The van der Waals surface area contributed by atoms with Gasteiger partial charge in [-0.3, -0.25) is 4.79 Å². The van der Waals surface area contributed by atoms with Gasteiger partial charge in [0.2, 0.25) is 5.91 Å². The number of carbonyl (C=O) groups excluding carboxylic acids is 2. The van der Waals surface area contributed by atoms with E-state index in [1.54, 1.807) is 0 Å². The van der Waals surface area contributed by atoms with Crippen molar-refractivity contribution in [2.45, 2.75) is 32.2 Å². The van der Waals surface area contributed by atoms with Crippen LogP contribution in [0, 0.1) is 6.92 Å². The number of imide groups is 1. The Hall–Kier alpha value is -3.15. The van der Waals surface area contributed by atoms with Gasteiger partial charge in [0.25, 0.3) is 0 Å². The first-order chi connectivity index (χ1) is 13.1. The summed E-state index contributed by atoms with van der Waals surface area (Å²) in [6.07, 6.45) is 0.895. The molecule has 4 rings (SSSR count). The third kappa shape index (κ3) is 3.69. The molecule has 27 heavy (non-hydrogen) atoms. The number of imidazole rings is 1. The van der Waals surface area contributed by atoms with E-state index in [1.165, 1.54) is 4.90 Å². The molecule has 2 heterocycles. The van der Waals surface area contributed by atoms with Crippen LogP contribution in [-0.4, -0.2) is 39.5 Å². The van der Waals surface area contributed by atoms with Crippen LogP contribution < -0.4 is 0 Å². The van der Waals surface area contributed by atoms with Crippen LogP contribution in [0.25, 0.3) is 11.0 Å². The average molecular weight is 363 g/mol. The topological polar surface area (TPSA) is 75.3 Å². The summed E-state index contributed by atoms with van der Waals surface area (Å²) in [6, 6.07) is 15.5. The van der Waals surface area contributed by atoms with Crippen molar-refractivity contribution in [3.63, 3.8) is 0 Å². The van der Waals surface area contributed by atoms with E-state index in [9.17, 15) is 9.59 Å². The van der Waals surface area contributed by atoms with Gasteiger partial charge in [-0.2, -0.15) is 0 Å². The van der Waals surface area contributed by atoms with Crippen LogP contribution in [0.4, 0.5) is 4.79 Å². The summed E-state index contributed by atoms with van der Waals surface area (Å²) in [5.41, 5.74) is 3.99.